The number of hydrogen-bond acceptors (Lipinski definition) is 2. The van der Waals surface area contributed by atoms with Crippen LogP contribution < -0.4 is 0 Å². The molecular formula is C13H16N2. The second-order valence-electron chi connectivity index (χ2n) is 3.62. The summed E-state index contributed by atoms with van der Waals surface area (Å²) in [6.45, 7) is 2.75. The third-order valence-electron chi connectivity index (χ3n) is 2.18. The third-order valence-corrected chi connectivity index (χ3v) is 2.18. The van der Waals surface area contributed by atoms with Gasteiger partial charge in [-0.25, -0.2) is 0 Å². The van der Waals surface area contributed by atoms with Gasteiger partial charge in [0.15, 0.2) is 0 Å². The lowest BCUT2D eigenvalue weighted by molar-refractivity contribution is 0.625. The average molecular weight is 200 g/mol. The van der Waals surface area contributed by atoms with Crippen LogP contribution in [0.3, 0.4) is 0 Å². The van der Waals surface area contributed by atoms with Crippen LogP contribution >= 0.6 is 0 Å². The molecule has 0 amide bonds. The normalized spacial score (nSPS) is 12.5. The lowest BCUT2D eigenvalue weighted by Gasteiger charge is -1.98. The Bertz CT molecular complexity index is 335. The zero-order valence-corrected chi connectivity index (χ0v) is 9.06. The molecule has 2 heteroatoms. The van der Waals surface area contributed by atoms with Crippen molar-refractivity contribution in [3.05, 3.63) is 35.9 Å². The summed E-state index contributed by atoms with van der Waals surface area (Å²) in [4.78, 5) is 4.31. The van der Waals surface area contributed by atoms with Gasteiger partial charge in [0.25, 0.3) is 0 Å². The molecule has 1 atom stereocenters. The van der Waals surface area contributed by atoms with E-state index in [1.165, 1.54) is 0 Å². The summed E-state index contributed by atoms with van der Waals surface area (Å²) in [6.07, 6.45) is 3.80. The third kappa shape index (κ3) is 4.97. The first-order valence-corrected chi connectivity index (χ1v) is 5.27. The Hall–Kier alpha value is -1.62. The van der Waals surface area contributed by atoms with Gasteiger partial charge in [0.1, 0.15) is 0 Å². The zero-order valence-electron chi connectivity index (χ0n) is 9.06. The van der Waals surface area contributed by atoms with E-state index in [2.05, 4.69) is 11.1 Å². The SMILES string of the molecule is CC(C#N)CCC/N=C/c1ccccc1. The van der Waals surface area contributed by atoms with Crippen molar-refractivity contribution in [2.45, 2.75) is 19.8 Å². The van der Waals surface area contributed by atoms with E-state index in [1.807, 2.05) is 43.5 Å². The number of benzene rings is 1. The summed E-state index contributed by atoms with van der Waals surface area (Å²) < 4.78 is 0. The van der Waals surface area contributed by atoms with Crippen LogP contribution in [0, 0.1) is 17.2 Å². The van der Waals surface area contributed by atoms with Gasteiger partial charge in [-0.3, -0.25) is 4.99 Å². The van der Waals surface area contributed by atoms with Crippen LogP contribution in [0.2, 0.25) is 0 Å². The Kier molecular flexibility index (Phi) is 5.18. The molecule has 15 heavy (non-hydrogen) atoms. The predicted octanol–water partition coefficient (Wildman–Crippen LogP) is 3.05. The second kappa shape index (κ2) is 6.78. The first kappa shape index (κ1) is 11.5. The Morgan fingerprint density at radius 2 is 2.13 bits per heavy atom. The summed E-state index contributed by atoms with van der Waals surface area (Å²) in [7, 11) is 0. The number of hydrogen-bond donors (Lipinski definition) is 0. The molecule has 1 unspecified atom stereocenters. The van der Waals surface area contributed by atoms with Gasteiger partial charge >= 0.3 is 0 Å². The largest absolute Gasteiger partial charge is 0.293 e. The van der Waals surface area contributed by atoms with E-state index in [-0.39, 0.29) is 5.92 Å². The van der Waals surface area contributed by atoms with Crippen LogP contribution in [0.5, 0.6) is 0 Å². The molecule has 0 saturated carbocycles. The van der Waals surface area contributed by atoms with Crippen LogP contribution in [-0.4, -0.2) is 12.8 Å². The number of aliphatic imine (C=N–C) groups is 1. The molecule has 0 aliphatic heterocycles. The van der Waals surface area contributed by atoms with E-state index in [9.17, 15) is 0 Å². The standard InChI is InChI=1S/C13H16N2/c1-12(10-14)6-5-9-15-11-13-7-3-2-4-8-13/h2-4,7-8,11-12H,5-6,9H2,1H3/b15-11+. The Morgan fingerprint density at radius 3 is 2.80 bits per heavy atom. The fraction of sp³-hybridized carbons (Fsp3) is 0.385. The molecule has 0 bridgehead atoms. The summed E-state index contributed by atoms with van der Waals surface area (Å²) in [5, 5.41) is 8.58. The van der Waals surface area contributed by atoms with Crippen LogP contribution in [0.25, 0.3) is 0 Å². The van der Waals surface area contributed by atoms with Crippen molar-refractivity contribution in [2.24, 2.45) is 10.9 Å². The van der Waals surface area contributed by atoms with Gasteiger partial charge in [-0.1, -0.05) is 30.3 Å². The van der Waals surface area contributed by atoms with Crippen molar-refractivity contribution in [2.75, 3.05) is 6.54 Å². The van der Waals surface area contributed by atoms with Crippen LogP contribution in [0.1, 0.15) is 25.3 Å². The summed E-state index contributed by atoms with van der Waals surface area (Å²) >= 11 is 0. The molecule has 0 heterocycles. The molecule has 0 spiro atoms. The summed E-state index contributed by atoms with van der Waals surface area (Å²) in [6, 6.07) is 12.3. The molecule has 1 aromatic rings. The number of nitriles is 1. The molecule has 0 N–H and O–H groups in total. The predicted molar refractivity (Wildman–Crippen MR) is 62.9 cm³/mol. The van der Waals surface area contributed by atoms with E-state index in [0.29, 0.717) is 0 Å². The zero-order chi connectivity index (χ0) is 10.9. The molecule has 1 aromatic carbocycles. The number of rotatable bonds is 5. The quantitative estimate of drug-likeness (QED) is 0.531. The smallest absolute Gasteiger partial charge is 0.0652 e. The van der Waals surface area contributed by atoms with E-state index < -0.39 is 0 Å². The first-order valence-electron chi connectivity index (χ1n) is 5.27. The Labute approximate surface area is 91.3 Å². The summed E-state index contributed by atoms with van der Waals surface area (Å²) in [5.41, 5.74) is 1.13. The first-order chi connectivity index (χ1) is 7.33. The fourth-order valence-corrected chi connectivity index (χ4v) is 1.26. The van der Waals surface area contributed by atoms with Crippen LogP contribution in [0.4, 0.5) is 0 Å². The van der Waals surface area contributed by atoms with Gasteiger partial charge in [-0.05, 0) is 25.3 Å². The van der Waals surface area contributed by atoms with E-state index in [4.69, 9.17) is 5.26 Å². The highest BCUT2D eigenvalue weighted by atomic mass is 14.7. The molecule has 0 saturated heterocycles. The molecule has 0 radical (unpaired) electrons. The van der Waals surface area contributed by atoms with Crippen molar-refractivity contribution in [3.8, 4) is 6.07 Å². The molecular weight excluding hydrogens is 184 g/mol. The molecule has 0 fully saturated rings. The molecule has 78 valence electrons. The second-order valence-corrected chi connectivity index (χ2v) is 3.62. The minimum atomic E-state index is 0.150. The van der Waals surface area contributed by atoms with Gasteiger partial charge in [0, 0.05) is 18.7 Å². The fourth-order valence-electron chi connectivity index (χ4n) is 1.26. The highest BCUT2D eigenvalue weighted by Crippen LogP contribution is 2.03. The van der Waals surface area contributed by atoms with Crippen molar-refractivity contribution in [1.82, 2.24) is 0 Å². The van der Waals surface area contributed by atoms with Gasteiger partial charge in [0.05, 0.1) is 6.07 Å². The molecule has 1 rings (SSSR count). The molecule has 0 aromatic heterocycles. The Balaban J connectivity index is 2.21. The van der Waals surface area contributed by atoms with Crippen LogP contribution in [-0.2, 0) is 0 Å². The number of nitrogens with zero attached hydrogens (tertiary/aromatic N) is 2. The molecule has 0 aliphatic rings. The van der Waals surface area contributed by atoms with Gasteiger partial charge in [-0.15, -0.1) is 0 Å². The highest BCUT2D eigenvalue weighted by Gasteiger charge is 1.96. The van der Waals surface area contributed by atoms with Gasteiger partial charge in [0.2, 0.25) is 0 Å². The van der Waals surface area contributed by atoms with E-state index in [1.54, 1.807) is 0 Å². The minimum absolute atomic E-state index is 0.150. The maximum absolute atomic E-state index is 8.58. The monoisotopic (exact) mass is 200 g/mol. The van der Waals surface area contributed by atoms with Gasteiger partial charge in [-0.2, -0.15) is 5.26 Å². The van der Waals surface area contributed by atoms with Crippen molar-refractivity contribution >= 4 is 6.21 Å². The van der Waals surface area contributed by atoms with Crippen molar-refractivity contribution in [3.63, 3.8) is 0 Å². The molecule has 2 nitrogen and oxygen atoms in total. The van der Waals surface area contributed by atoms with Crippen LogP contribution in [0.15, 0.2) is 35.3 Å². The molecule has 0 aliphatic carbocycles. The maximum Gasteiger partial charge on any atom is 0.0652 e. The van der Waals surface area contributed by atoms with Gasteiger partial charge < -0.3 is 0 Å². The summed E-state index contributed by atoms with van der Waals surface area (Å²) in [5.74, 6) is 0.150. The lowest BCUT2D eigenvalue weighted by atomic mass is 10.1. The Morgan fingerprint density at radius 1 is 1.40 bits per heavy atom. The minimum Gasteiger partial charge on any atom is -0.293 e. The topological polar surface area (TPSA) is 36.1 Å². The highest BCUT2D eigenvalue weighted by molar-refractivity contribution is 5.79. The average Bonchev–Trinajstić information content (AvgIpc) is 2.29. The van der Waals surface area contributed by atoms with Crippen molar-refractivity contribution in [1.29, 1.82) is 5.26 Å². The van der Waals surface area contributed by atoms with Crippen molar-refractivity contribution < 1.29 is 0 Å². The van der Waals surface area contributed by atoms with E-state index >= 15 is 0 Å². The lowest BCUT2D eigenvalue weighted by Crippen LogP contribution is -1.92. The maximum atomic E-state index is 8.58. The van der Waals surface area contributed by atoms with E-state index in [0.717, 1.165) is 24.9 Å².